The second kappa shape index (κ2) is 12.3. The third-order valence-electron chi connectivity index (χ3n) is 6.55. The summed E-state index contributed by atoms with van der Waals surface area (Å²) in [6.45, 7) is 6.34. The summed E-state index contributed by atoms with van der Waals surface area (Å²) in [6.07, 6.45) is 2.56. The van der Waals surface area contributed by atoms with Crippen molar-refractivity contribution in [1.29, 1.82) is 0 Å². The van der Waals surface area contributed by atoms with Gasteiger partial charge in [0.25, 0.3) is 0 Å². The smallest absolute Gasteiger partial charge is 0.230 e. The van der Waals surface area contributed by atoms with E-state index in [9.17, 15) is 4.79 Å². The number of hydrogen-bond donors (Lipinski definition) is 1. The normalized spacial score (nSPS) is 18.2. The summed E-state index contributed by atoms with van der Waals surface area (Å²) in [7, 11) is 1.64. The minimum absolute atomic E-state index is 0. The molecule has 1 aliphatic carbocycles. The van der Waals surface area contributed by atoms with Crippen LogP contribution in [0.1, 0.15) is 38.8 Å². The van der Waals surface area contributed by atoms with Crippen LogP contribution >= 0.6 is 12.4 Å². The van der Waals surface area contributed by atoms with Crippen molar-refractivity contribution in [3.63, 3.8) is 0 Å². The Morgan fingerprint density at radius 1 is 1.03 bits per heavy atom. The highest BCUT2D eigenvalue weighted by Gasteiger charge is 2.47. The Morgan fingerprint density at radius 2 is 1.67 bits per heavy atom. The van der Waals surface area contributed by atoms with Crippen molar-refractivity contribution in [2.75, 3.05) is 18.6 Å². The zero-order chi connectivity index (χ0) is 24.9. The number of ether oxygens (including phenoxy) is 2. The van der Waals surface area contributed by atoms with E-state index < -0.39 is 0 Å². The highest BCUT2D eigenvalue weighted by atomic mass is 35.5. The van der Waals surface area contributed by atoms with E-state index in [1.165, 1.54) is 0 Å². The predicted molar refractivity (Wildman–Crippen MR) is 147 cm³/mol. The van der Waals surface area contributed by atoms with Gasteiger partial charge in [-0.15, -0.1) is 12.4 Å². The molecule has 0 bridgehead atoms. The molecule has 6 nitrogen and oxygen atoms in total. The van der Waals surface area contributed by atoms with E-state index in [4.69, 9.17) is 15.2 Å². The summed E-state index contributed by atoms with van der Waals surface area (Å²) in [4.78, 5) is 19.9. The minimum atomic E-state index is -0.302. The first kappa shape index (κ1) is 27.7. The van der Waals surface area contributed by atoms with Gasteiger partial charge in [0.1, 0.15) is 5.75 Å². The number of nitrogens with zero attached hydrogens (tertiary/aromatic N) is 2. The van der Waals surface area contributed by atoms with Gasteiger partial charge in [0.05, 0.1) is 12.2 Å². The van der Waals surface area contributed by atoms with Gasteiger partial charge in [0.15, 0.2) is 0 Å². The van der Waals surface area contributed by atoms with Crippen LogP contribution in [0.15, 0.2) is 72.9 Å². The average molecular weight is 510 g/mol. The lowest BCUT2D eigenvalue weighted by Gasteiger charge is -2.29. The highest BCUT2D eigenvalue weighted by molar-refractivity contribution is 5.97. The molecule has 2 aromatic carbocycles. The molecule has 36 heavy (non-hydrogen) atoms. The van der Waals surface area contributed by atoms with E-state index in [-0.39, 0.29) is 48.4 Å². The lowest BCUT2D eigenvalue weighted by atomic mass is 10.0. The number of pyridine rings is 1. The second-order valence-corrected chi connectivity index (χ2v) is 9.49. The van der Waals surface area contributed by atoms with Gasteiger partial charge in [-0.25, -0.2) is 0 Å². The van der Waals surface area contributed by atoms with Gasteiger partial charge in [0, 0.05) is 49.1 Å². The molecule has 2 N–H and O–H groups in total. The molecule has 3 aromatic rings. The Hall–Kier alpha value is -2.93. The van der Waals surface area contributed by atoms with E-state index in [0.717, 1.165) is 34.7 Å². The monoisotopic (exact) mass is 509 g/mol. The van der Waals surface area contributed by atoms with Gasteiger partial charge in [-0.1, -0.05) is 30.3 Å². The van der Waals surface area contributed by atoms with Gasteiger partial charge in [0.2, 0.25) is 5.91 Å². The fourth-order valence-corrected chi connectivity index (χ4v) is 4.28. The molecule has 4 rings (SSSR count). The van der Waals surface area contributed by atoms with E-state index >= 15 is 0 Å². The number of benzene rings is 2. The third kappa shape index (κ3) is 6.64. The van der Waals surface area contributed by atoms with Crippen molar-refractivity contribution in [2.24, 2.45) is 11.7 Å². The Bertz CT molecular complexity index is 1110. The number of amides is 1. The zero-order valence-electron chi connectivity index (χ0n) is 21.3. The molecular weight excluding hydrogens is 474 g/mol. The SMILES string of the molecule is CO[C@H](C)[C@H](N)CN(C(=O)[C@@H]1C[C@H]1c1ccccn1)c1ccc(-c2ccc(OC(C)C)cc2)cc1.Cl. The first-order chi connectivity index (χ1) is 16.9. The molecule has 1 amide bonds. The number of halogens is 1. The standard InChI is InChI=1S/C29H35N3O3.ClH/c1-19(2)35-24-14-10-22(11-15-24)21-8-12-23(13-9-21)32(18-27(30)20(3)34-4)29(33)26-17-25(26)28-7-5-6-16-31-28;/h5-16,19-20,25-27H,17-18,30H2,1-4H3;1H/t20-,25-,26-,27-;/m1./s1. The number of nitrogens with two attached hydrogens (primary N) is 1. The first-order valence-corrected chi connectivity index (χ1v) is 12.2. The van der Waals surface area contributed by atoms with E-state index in [1.54, 1.807) is 13.3 Å². The Kier molecular flexibility index (Phi) is 9.49. The van der Waals surface area contributed by atoms with Crippen molar-refractivity contribution < 1.29 is 14.3 Å². The minimum Gasteiger partial charge on any atom is -0.491 e. The Morgan fingerprint density at radius 3 is 2.22 bits per heavy atom. The molecule has 0 spiro atoms. The van der Waals surface area contributed by atoms with Crippen LogP contribution in [-0.4, -0.2) is 42.8 Å². The van der Waals surface area contributed by atoms with Gasteiger partial charge in [-0.05, 0) is 74.7 Å². The lowest BCUT2D eigenvalue weighted by Crippen LogP contribution is -2.47. The van der Waals surface area contributed by atoms with Crippen molar-refractivity contribution in [1.82, 2.24) is 4.98 Å². The molecule has 0 unspecified atom stereocenters. The quantitative estimate of drug-likeness (QED) is 0.393. The molecule has 1 fully saturated rings. The fourth-order valence-electron chi connectivity index (χ4n) is 4.28. The van der Waals surface area contributed by atoms with E-state index in [0.29, 0.717) is 6.54 Å². The Labute approximate surface area is 220 Å². The number of carbonyl (C=O) groups is 1. The van der Waals surface area contributed by atoms with Gasteiger partial charge in [-0.3, -0.25) is 9.78 Å². The van der Waals surface area contributed by atoms with Gasteiger partial charge >= 0.3 is 0 Å². The molecule has 1 saturated carbocycles. The van der Waals surface area contributed by atoms with Gasteiger partial charge < -0.3 is 20.1 Å². The van der Waals surface area contributed by atoms with Crippen molar-refractivity contribution in [3.05, 3.63) is 78.6 Å². The summed E-state index contributed by atoms with van der Waals surface area (Å²) in [5.41, 5.74) is 10.4. The molecule has 1 heterocycles. The summed E-state index contributed by atoms with van der Waals surface area (Å²) in [5, 5.41) is 0. The molecule has 192 valence electrons. The van der Waals surface area contributed by atoms with Crippen molar-refractivity contribution >= 4 is 24.0 Å². The zero-order valence-corrected chi connectivity index (χ0v) is 22.2. The summed E-state index contributed by atoms with van der Waals surface area (Å²) < 4.78 is 11.2. The number of carbonyl (C=O) groups excluding carboxylic acids is 1. The average Bonchev–Trinajstić information content (AvgIpc) is 3.68. The molecule has 0 radical (unpaired) electrons. The van der Waals surface area contributed by atoms with Crippen LogP contribution in [-0.2, 0) is 9.53 Å². The Balaban J connectivity index is 0.00000361. The fraction of sp³-hybridized carbons (Fsp3) is 0.379. The van der Waals surface area contributed by atoms with Gasteiger partial charge in [-0.2, -0.15) is 0 Å². The van der Waals surface area contributed by atoms with Crippen molar-refractivity contribution in [3.8, 4) is 16.9 Å². The second-order valence-electron chi connectivity index (χ2n) is 9.49. The van der Waals surface area contributed by atoms with Crippen LogP contribution in [0.3, 0.4) is 0 Å². The van der Waals surface area contributed by atoms with Crippen LogP contribution in [0.5, 0.6) is 5.75 Å². The highest BCUT2D eigenvalue weighted by Crippen LogP contribution is 2.48. The number of methoxy groups -OCH3 is 1. The largest absolute Gasteiger partial charge is 0.491 e. The van der Waals surface area contributed by atoms with Crippen LogP contribution in [0.25, 0.3) is 11.1 Å². The maximum atomic E-state index is 13.6. The van der Waals surface area contributed by atoms with Crippen LogP contribution in [0.2, 0.25) is 0 Å². The number of rotatable bonds is 10. The van der Waals surface area contributed by atoms with E-state index in [2.05, 4.69) is 4.98 Å². The number of aromatic nitrogens is 1. The predicted octanol–water partition coefficient (Wildman–Crippen LogP) is 5.46. The molecule has 0 aliphatic heterocycles. The first-order valence-electron chi connectivity index (χ1n) is 12.2. The van der Waals surface area contributed by atoms with Crippen LogP contribution < -0.4 is 15.4 Å². The summed E-state index contributed by atoms with van der Waals surface area (Å²) in [6, 6.07) is 21.7. The molecule has 4 atom stereocenters. The van der Waals surface area contributed by atoms with Crippen LogP contribution in [0, 0.1) is 5.92 Å². The van der Waals surface area contributed by atoms with E-state index in [1.807, 2.05) is 92.4 Å². The van der Waals surface area contributed by atoms with Crippen molar-refractivity contribution in [2.45, 2.75) is 51.4 Å². The summed E-state index contributed by atoms with van der Waals surface area (Å²) in [5.74, 6) is 1.02. The molecule has 1 aliphatic rings. The lowest BCUT2D eigenvalue weighted by molar-refractivity contribution is -0.120. The third-order valence-corrected chi connectivity index (χ3v) is 6.55. The maximum absolute atomic E-state index is 13.6. The van der Waals surface area contributed by atoms with Crippen LogP contribution in [0.4, 0.5) is 5.69 Å². The molecule has 7 heteroatoms. The summed E-state index contributed by atoms with van der Waals surface area (Å²) >= 11 is 0. The molecule has 0 saturated heterocycles. The maximum Gasteiger partial charge on any atom is 0.230 e. The topological polar surface area (TPSA) is 77.7 Å². The number of hydrogen-bond acceptors (Lipinski definition) is 5. The number of anilines is 1. The molecular formula is C29H36ClN3O3. The molecule has 1 aromatic heterocycles.